The third-order valence-electron chi connectivity index (χ3n) is 3.39. The molecule has 21 heavy (non-hydrogen) atoms. The van der Waals surface area contributed by atoms with Gasteiger partial charge in [-0.3, -0.25) is 13.9 Å². The van der Waals surface area contributed by atoms with Crippen molar-refractivity contribution < 1.29 is 4.79 Å². The summed E-state index contributed by atoms with van der Waals surface area (Å²) in [6.07, 6.45) is 3.73. The van der Waals surface area contributed by atoms with Gasteiger partial charge in [0.05, 0.1) is 22.9 Å². The quantitative estimate of drug-likeness (QED) is 0.740. The topological polar surface area (TPSA) is 64.2 Å². The first kappa shape index (κ1) is 13.2. The lowest BCUT2D eigenvalue weighted by atomic mass is 10.2. The zero-order valence-corrected chi connectivity index (χ0v) is 13.3. The average Bonchev–Trinajstić information content (AvgIpc) is 3.06. The van der Waals surface area contributed by atoms with Crippen LogP contribution in [0.2, 0.25) is 5.15 Å². The summed E-state index contributed by atoms with van der Waals surface area (Å²) in [5.41, 5.74) is 1.84. The number of carbonyl (C=O) groups excluding carboxylic acids is 1. The smallest absolute Gasteiger partial charge is 0.235 e. The van der Waals surface area contributed by atoms with E-state index >= 15 is 0 Å². The predicted molar refractivity (Wildman–Crippen MR) is 84.2 cm³/mol. The van der Waals surface area contributed by atoms with Crippen molar-refractivity contribution in [1.29, 1.82) is 0 Å². The minimum absolute atomic E-state index is 0.0328. The number of aryl methyl sites for hydroxylation is 1. The van der Waals surface area contributed by atoms with Crippen molar-refractivity contribution in [2.75, 3.05) is 11.1 Å². The molecule has 3 aromatic heterocycles. The van der Waals surface area contributed by atoms with Crippen LogP contribution in [-0.4, -0.2) is 30.8 Å². The summed E-state index contributed by atoms with van der Waals surface area (Å²) in [5, 5.41) is 9.51. The number of amides is 1. The van der Waals surface area contributed by atoms with Gasteiger partial charge >= 0.3 is 0 Å². The zero-order valence-electron chi connectivity index (χ0n) is 10.9. The van der Waals surface area contributed by atoms with Crippen LogP contribution in [0.15, 0.2) is 17.8 Å². The molecule has 1 atom stereocenters. The Morgan fingerprint density at radius 2 is 2.38 bits per heavy atom. The Hall–Kier alpha value is -1.51. The lowest BCUT2D eigenvalue weighted by molar-refractivity contribution is -0.113. The fourth-order valence-corrected chi connectivity index (χ4v) is 4.70. The minimum atomic E-state index is -0.0789. The number of nitrogens with zero attached hydrogens (tertiary/aromatic N) is 4. The molecule has 0 aromatic carbocycles. The Bertz CT molecular complexity index is 851. The maximum Gasteiger partial charge on any atom is 0.235 e. The Morgan fingerprint density at radius 3 is 3.24 bits per heavy atom. The largest absolute Gasteiger partial charge is 0.310 e. The van der Waals surface area contributed by atoms with Crippen molar-refractivity contribution in [2.45, 2.75) is 5.25 Å². The van der Waals surface area contributed by atoms with Crippen LogP contribution in [0.4, 0.5) is 5.82 Å². The fourth-order valence-electron chi connectivity index (χ4n) is 2.45. The molecule has 1 amide bonds. The number of rotatable bonds is 1. The first-order chi connectivity index (χ1) is 10.1. The molecule has 0 saturated carbocycles. The van der Waals surface area contributed by atoms with Gasteiger partial charge in [-0.25, -0.2) is 4.98 Å². The third-order valence-corrected chi connectivity index (χ3v) is 5.67. The molecule has 4 rings (SSSR count). The highest BCUT2D eigenvalue weighted by Gasteiger charge is 2.31. The van der Waals surface area contributed by atoms with E-state index in [0.29, 0.717) is 10.9 Å². The van der Waals surface area contributed by atoms with Crippen LogP contribution in [-0.2, 0) is 11.8 Å². The van der Waals surface area contributed by atoms with E-state index < -0.39 is 0 Å². The van der Waals surface area contributed by atoms with Crippen LogP contribution in [0.5, 0.6) is 0 Å². The first-order valence-electron chi connectivity index (χ1n) is 6.19. The number of fused-ring (bicyclic) bond motifs is 2. The van der Waals surface area contributed by atoms with Gasteiger partial charge < -0.3 is 5.32 Å². The molecule has 4 heterocycles. The predicted octanol–water partition coefficient (Wildman–Crippen LogP) is 2.56. The van der Waals surface area contributed by atoms with E-state index in [9.17, 15) is 4.79 Å². The van der Waals surface area contributed by atoms with E-state index in [1.54, 1.807) is 10.9 Å². The molecule has 1 aliphatic heterocycles. The Kier molecular flexibility index (Phi) is 2.98. The van der Waals surface area contributed by atoms with Crippen LogP contribution in [0.3, 0.4) is 0 Å². The summed E-state index contributed by atoms with van der Waals surface area (Å²) < 4.78 is 3.66. The molecule has 3 aromatic rings. The highest BCUT2D eigenvalue weighted by molar-refractivity contribution is 8.00. The molecule has 1 unspecified atom stereocenters. The molecular weight excluding hydrogens is 330 g/mol. The normalized spacial score (nSPS) is 18.6. The summed E-state index contributed by atoms with van der Waals surface area (Å²) in [5.74, 6) is 1.05. The molecular formula is C12H10ClN5OS2. The molecule has 108 valence electrons. The standard InChI is InChI=1S/C12H10ClN5OS2/c1-17-11-6(4-14-17)9(21-5-7(19)15-11)8-10(13)16-12-18(8)2-3-20-12/h2-4,9H,5H2,1H3,(H,15,19). The number of hydrogen-bond donors (Lipinski definition) is 1. The van der Waals surface area contributed by atoms with Crippen molar-refractivity contribution in [3.05, 3.63) is 34.2 Å². The van der Waals surface area contributed by atoms with Crippen LogP contribution in [0.1, 0.15) is 16.5 Å². The molecule has 0 fully saturated rings. The molecule has 9 heteroatoms. The van der Waals surface area contributed by atoms with Gasteiger partial charge in [0.2, 0.25) is 5.91 Å². The summed E-state index contributed by atoms with van der Waals surface area (Å²) in [6, 6.07) is 0. The maximum atomic E-state index is 11.9. The molecule has 0 bridgehead atoms. The number of hydrogen-bond acceptors (Lipinski definition) is 5. The van der Waals surface area contributed by atoms with E-state index in [0.717, 1.165) is 22.0 Å². The number of imidazole rings is 1. The summed E-state index contributed by atoms with van der Waals surface area (Å²) in [6.45, 7) is 0. The van der Waals surface area contributed by atoms with Crippen molar-refractivity contribution in [3.8, 4) is 0 Å². The van der Waals surface area contributed by atoms with Crippen LogP contribution >= 0.6 is 34.7 Å². The molecule has 6 nitrogen and oxygen atoms in total. The van der Waals surface area contributed by atoms with Gasteiger partial charge in [-0.15, -0.1) is 23.1 Å². The highest BCUT2D eigenvalue weighted by Crippen LogP contribution is 2.44. The van der Waals surface area contributed by atoms with Crippen molar-refractivity contribution in [1.82, 2.24) is 19.2 Å². The molecule has 1 aliphatic rings. The Morgan fingerprint density at radius 1 is 1.52 bits per heavy atom. The van der Waals surface area contributed by atoms with Gasteiger partial charge in [0, 0.05) is 24.2 Å². The number of nitrogens with one attached hydrogen (secondary N) is 1. The highest BCUT2D eigenvalue weighted by atomic mass is 35.5. The van der Waals surface area contributed by atoms with Gasteiger partial charge in [0.1, 0.15) is 5.82 Å². The second kappa shape index (κ2) is 4.75. The zero-order chi connectivity index (χ0) is 14.6. The maximum absolute atomic E-state index is 11.9. The second-order valence-electron chi connectivity index (χ2n) is 4.65. The Labute approximate surface area is 133 Å². The first-order valence-corrected chi connectivity index (χ1v) is 8.50. The molecule has 1 N–H and O–H groups in total. The van der Waals surface area contributed by atoms with Crippen molar-refractivity contribution in [2.24, 2.45) is 7.05 Å². The number of halogens is 1. The lowest BCUT2D eigenvalue weighted by Gasteiger charge is -2.13. The van der Waals surface area contributed by atoms with Crippen molar-refractivity contribution in [3.63, 3.8) is 0 Å². The number of anilines is 1. The Balaban J connectivity index is 1.93. The minimum Gasteiger partial charge on any atom is -0.310 e. The summed E-state index contributed by atoms with van der Waals surface area (Å²) in [7, 11) is 1.81. The van der Waals surface area contributed by atoms with E-state index in [4.69, 9.17) is 11.6 Å². The molecule has 0 radical (unpaired) electrons. The molecule has 0 spiro atoms. The van der Waals surface area contributed by atoms with Crippen LogP contribution in [0, 0.1) is 0 Å². The SMILES string of the molecule is Cn1ncc2c1NC(=O)CSC2c1c(Cl)nc2sccn12. The van der Waals surface area contributed by atoms with Gasteiger partial charge in [-0.05, 0) is 0 Å². The number of carbonyl (C=O) groups is 1. The van der Waals surface area contributed by atoms with Gasteiger partial charge in [0.25, 0.3) is 0 Å². The number of aromatic nitrogens is 4. The second-order valence-corrected chi connectivity index (χ2v) is 6.98. The van der Waals surface area contributed by atoms with Gasteiger partial charge in [0.15, 0.2) is 10.1 Å². The third kappa shape index (κ3) is 1.97. The molecule has 0 aliphatic carbocycles. The number of thiazole rings is 1. The molecule has 0 saturated heterocycles. The van der Waals surface area contributed by atoms with Crippen LogP contribution in [0.25, 0.3) is 4.96 Å². The van der Waals surface area contributed by atoms with E-state index in [-0.39, 0.29) is 11.2 Å². The van der Waals surface area contributed by atoms with Crippen LogP contribution < -0.4 is 5.32 Å². The van der Waals surface area contributed by atoms with E-state index in [2.05, 4.69) is 15.4 Å². The fraction of sp³-hybridized carbons (Fsp3) is 0.250. The monoisotopic (exact) mass is 339 g/mol. The van der Waals surface area contributed by atoms with Gasteiger partial charge in [-0.2, -0.15) is 5.10 Å². The number of thioether (sulfide) groups is 1. The average molecular weight is 340 g/mol. The van der Waals surface area contributed by atoms with Crippen molar-refractivity contribution >= 4 is 51.4 Å². The lowest BCUT2D eigenvalue weighted by Crippen LogP contribution is -2.15. The summed E-state index contributed by atoms with van der Waals surface area (Å²) >= 11 is 9.40. The van der Waals surface area contributed by atoms with E-state index in [1.807, 2.05) is 23.0 Å². The van der Waals surface area contributed by atoms with Gasteiger partial charge in [-0.1, -0.05) is 11.6 Å². The van der Waals surface area contributed by atoms with E-state index in [1.165, 1.54) is 23.1 Å². The summed E-state index contributed by atoms with van der Waals surface area (Å²) in [4.78, 5) is 17.1.